The third-order valence-electron chi connectivity index (χ3n) is 5.11. The number of nitrogens with zero attached hydrogens (tertiary/aromatic N) is 3. The average Bonchev–Trinajstić information content (AvgIpc) is 2.64. The summed E-state index contributed by atoms with van der Waals surface area (Å²) in [5, 5.41) is 14.9. The van der Waals surface area contributed by atoms with Gasteiger partial charge in [-0.1, -0.05) is 6.07 Å². The summed E-state index contributed by atoms with van der Waals surface area (Å²) < 4.78 is 13.5. The first-order valence-electron chi connectivity index (χ1n) is 9.21. The van der Waals surface area contributed by atoms with Crippen LogP contribution in [0.25, 0.3) is 10.9 Å². The van der Waals surface area contributed by atoms with Crippen molar-refractivity contribution in [1.29, 1.82) is 0 Å². The number of anilines is 1. The van der Waals surface area contributed by atoms with Crippen molar-refractivity contribution >= 4 is 16.7 Å². The summed E-state index contributed by atoms with van der Waals surface area (Å²) in [5.41, 5.74) is 2.80. The molecular formula is C21H23FN4O. The lowest BCUT2D eigenvalue weighted by Gasteiger charge is -2.36. The summed E-state index contributed by atoms with van der Waals surface area (Å²) in [7, 11) is 0. The lowest BCUT2D eigenvalue weighted by atomic mass is 10.0. The van der Waals surface area contributed by atoms with Gasteiger partial charge in [0.05, 0.1) is 17.7 Å². The lowest BCUT2D eigenvalue weighted by Crippen LogP contribution is -2.49. The molecule has 5 nitrogen and oxygen atoms in total. The molecule has 1 aromatic carbocycles. The minimum atomic E-state index is -0.499. The number of hydrogen-bond donors (Lipinski definition) is 2. The Balaban J connectivity index is 1.44. The van der Waals surface area contributed by atoms with Crippen LogP contribution in [0, 0.1) is 12.7 Å². The van der Waals surface area contributed by atoms with Crippen molar-refractivity contribution in [3.63, 3.8) is 0 Å². The van der Waals surface area contributed by atoms with E-state index in [1.54, 1.807) is 12.3 Å². The fourth-order valence-electron chi connectivity index (χ4n) is 3.70. The number of rotatable bonds is 4. The molecule has 27 heavy (non-hydrogen) atoms. The molecule has 0 saturated carbocycles. The van der Waals surface area contributed by atoms with Crippen molar-refractivity contribution < 1.29 is 9.50 Å². The van der Waals surface area contributed by atoms with E-state index < -0.39 is 6.10 Å². The van der Waals surface area contributed by atoms with Crippen LogP contribution in [0.1, 0.15) is 17.5 Å². The number of benzene rings is 1. The fraction of sp³-hybridized carbons (Fsp3) is 0.333. The van der Waals surface area contributed by atoms with Crippen LogP contribution in [0.3, 0.4) is 0 Å². The molecule has 0 radical (unpaired) electrons. The van der Waals surface area contributed by atoms with Crippen LogP contribution in [-0.4, -0.2) is 45.2 Å². The van der Waals surface area contributed by atoms with Gasteiger partial charge < -0.3 is 10.4 Å². The van der Waals surface area contributed by atoms with Crippen molar-refractivity contribution in [2.45, 2.75) is 32.0 Å². The van der Waals surface area contributed by atoms with Crippen LogP contribution >= 0.6 is 0 Å². The first kappa shape index (κ1) is 17.8. The second-order valence-corrected chi connectivity index (χ2v) is 7.19. The number of fused-ring (bicyclic) bond motifs is 1. The Hall–Kier alpha value is -2.57. The second-order valence-electron chi connectivity index (χ2n) is 7.19. The van der Waals surface area contributed by atoms with Crippen molar-refractivity contribution in [1.82, 2.24) is 14.9 Å². The van der Waals surface area contributed by atoms with Crippen LogP contribution in [0.2, 0.25) is 0 Å². The summed E-state index contributed by atoms with van der Waals surface area (Å²) >= 11 is 0. The van der Waals surface area contributed by atoms with E-state index >= 15 is 0 Å². The van der Waals surface area contributed by atoms with E-state index in [0.717, 1.165) is 36.0 Å². The summed E-state index contributed by atoms with van der Waals surface area (Å²) in [6.45, 7) is 4.24. The van der Waals surface area contributed by atoms with Crippen LogP contribution in [-0.2, 0) is 6.54 Å². The van der Waals surface area contributed by atoms with Crippen molar-refractivity contribution in [3.05, 3.63) is 65.7 Å². The number of halogens is 1. The van der Waals surface area contributed by atoms with Gasteiger partial charge in [-0.05, 0) is 48.7 Å². The molecule has 1 aliphatic rings. The lowest BCUT2D eigenvalue weighted by molar-refractivity contribution is 0.0560. The number of aromatic nitrogens is 2. The molecule has 140 valence electrons. The maximum atomic E-state index is 13.5. The molecule has 1 aliphatic heterocycles. The number of likely N-dealkylation sites (tertiary alicyclic amines) is 1. The fourth-order valence-corrected chi connectivity index (χ4v) is 3.70. The molecule has 0 aliphatic carbocycles. The standard InChI is InChI=1S/C21H23FN4O/c1-14-9-21(25-19-10-16(22)4-5-17(14)19)24-18-6-8-26(13-20(18)27)12-15-3-2-7-23-11-15/h2-5,7,9-11,18,20,27H,6,8,12-13H2,1H3,(H,24,25)/t18-,20-/m1/s1. The first-order valence-corrected chi connectivity index (χ1v) is 9.21. The maximum absolute atomic E-state index is 13.5. The predicted octanol–water partition coefficient (Wildman–Crippen LogP) is 3.12. The molecule has 2 atom stereocenters. The maximum Gasteiger partial charge on any atom is 0.127 e. The number of hydrogen-bond acceptors (Lipinski definition) is 5. The Bertz CT molecular complexity index is 934. The number of aliphatic hydroxyl groups is 1. The third kappa shape index (κ3) is 4.07. The molecule has 1 saturated heterocycles. The molecule has 2 aromatic heterocycles. The number of piperidine rings is 1. The molecule has 2 N–H and O–H groups in total. The topological polar surface area (TPSA) is 61.3 Å². The van der Waals surface area contributed by atoms with E-state index in [2.05, 4.69) is 20.2 Å². The van der Waals surface area contributed by atoms with Crippen LogP contribution < -0.4 is 5.32 Å². The Morgan fingerprint density at radius 3 is 2.96 bits per heavy atom. The molecule has 3 aromatic rings. The molecule has 0 unspecified atom stereocenters. The van der Waals surface area contributed by atoms with Crippen molar-refractivity contribution in [3.8, 4) is 0 Å². The van der Waals surface area contributed by atoms with Gasteiger partial charge in [-0.15, -0.1) is 0 Å². The van der Waals surface area contributed by atoms with E-state index in [-0.39, 0.29) is 11.9 Å². The predicted molar refractivity (Wildman–Crippen MR) is 104 cm³/mol. The van der Waals surface area contributed by atoms with Gasteiger partial charge in [-0.3, -0.25) is 9.88 Å². The van der Waals surface area contributed by atoms with Gasteiger partial charge in [0.25, 0.3) is 0 Å². The first-order chi connectivity index (χ1) is 13.1. The van der Waals surface area contributed by atoms with Crippen molar-refractivity contribution in [2.24, 2.45) is 0 Å². The zero-order valence-electron chi connectivity index (χ0n) is 15.3. The number of pyridine rings is 2. The Kier molecular flexibility index (Phi) is 5.01. The number of aryl methyl sites for hydroxylation is 1. The third-order valence-corrected chi connectivity index (χ3v) is 5.11. The molecule has 4 rings (SSSR count). The Morgan fingerprint density at radius 2 is 2.19 bits per heavy atom. The SMILES string of the molecule is Cc1cc(N[C@@H]2CCN(Cc3cccnc3)C[C@H]2O)nc2cc(F)ccc12. The van der Waals surface area contributed by atoms with Gasteiger partial charge in [-0.2, -0.15) is 0 Å². The Labute approximate surface area is 157 Å². The van der Waals surface area contributed by atoms with E-state index in [1.807, 2.05) is 31.3 Å². The van der Waals surface area contributed by atoms with Gasteiger partial charge in [0, 0.05) is 43.5 Å². The van der Waals surface area contributed by atoms with E-state index in [0.29, 0.717) is 17.9 Å². The molecule has 6 heteroatoms. The summed E-state index contributed by atoms with van der Waals surface area (Å²) in [6.07, 6.45) is 3.93. The van der Waals surface area contributed by atoms with E-state index in [1.165, 1.54) is 12.1 Å². The smallest absolute Gasteiger partial charge is 0.127 e. The Morgan fingerprint density at radius 1 is 1.30 bits per heavy atom. The van der Waals surface area contributed by atoms with Gasteiger partial charge in [0.1, 0.15) is 11.6 Å². The van der Waals surface area contributed by atoms with Crippen LogP contribution in [0.4, 0.5) is 10.2 Å². The molecule has 3 heterocycles. The van der Waals surface area contributed by atoms with Gasteiger partial charge >= 0.3 is 0 Å². The highest BCUT2D eigenvalue weighted by atomic mass is 19.1. The van der Waals surface area contributed by atoms with Gasteiger partial charge in [-0.25, -0.2) is 9.37 Å². The molecule has 0 bridgehead atoms. The normalized spacial score (nSPS) is 20.7. The zero-order valence-corrected chi connectivity index (χ0v) is 15.3. The van der Waals surface area contributed by atoms with E-state index in [4.69, 9.17) is 0 Å². The largest absolute Gasteiger partial charge is 0.390 e. The highest BCUT2D eigenvalue weighted by Crippen LogP contribution is 2.23. The van der Waals surface area contributed by atoms with Crippen LogP contribution in [0.5, 0.6) is 0 Å². The highest BCUT2D eigenvalue weighted by molar-refractivity contribution is 5.83. The molecule has 0 amide bonds. The average molecular weight is 366 g/mol. The summed E-state index contributed by atoms with van der Waals surface area (Å²) in [6, 6.07) is 10.5. The quantitative estimate of drug-likeness (QED) is 0.743. The minimum Gasteiger partial charge on any atom is -0.390 e. The minimum absolute atomic E-state index is 0.0759. The molecular weight excluding hydrogens is 343 g/mol. The number of aliphatic hydroxyl groups excluding tert-OH is 1. The number of nitrogens with one attached hydrogen (secondary N) is 1. The van der Waals surface area contributed by atoms with Gasteiger partial charge in [0.2, 0.25) is 0 Å². The summed E-state index contributed by atoms with van der Waals surface area (Å²) in [4.78, 5) is 10.9. The van der Waals surface area contributed by atoms with Crippen molar-refractivity contribution in [2.75, 3.05) is 18.4 Å². The highest BCUT2D eigenvalue weighted by Gasteiger charge is 2.28. The second kappa shape index (κ2) is 7.58. The molecule has 1 fully saturated rings. The summed E-state index contributed by atoms with van der Waals surface area (Å²) in [5.74, 6) is 0.380. The number of β-amino-alcohol motifs (C(OH)–C–C–N with tert-alkyl or cyclic N) is 1. The molecule has 0 spiro atoms. The van der Waals surface area contributed by atoms with Crippen LogP contribution in [0.15, 0.2) is 48.8 Å². The monoisotopic (exact) mass is 366 g/mol. The van der Waals surface area contributed by atoms with E-state index in [9.17, 15) is 9.50 Å². The zero-order chi connectivity index (χ0) is 18.8. The van der Waals surface area contributed by atoms with Gasteiger partial charge in [0.15, 0.2) is 0 Å².